The lowest BCUT2D eigenvalue weighted by molar-refractivity contribution is 0.0935. The van der Waals surface area contributed by atoms with E-state index >= 15 is 0 Å². The zero-order chi connectivity index (χ0) is 13.8. The molecule has 102 valence electrons. The van der Waals surface area contributed by atoms with Gasteiger partial charge in [-0.1, -0.05) is 6.07 Å². The molecule has 3 N–H and O–H groups in total. The fraction of sp³-hybridized carbons (Fsp3) is 0.385. The van der Waals surface area contributed by atoms with Gasteiger partial charge in [-0.2, -0.15) is 5.10 Å². The Morgan fingerprint density at radius 1 is 1.63 bits per heavy atom. The summed E-state index contributed by atoms with van der Waals surface area (Å²) in [5.41, 5.74) is 6.51. The Bertz CT molecular complexity index is 547. The number of hydrogen-bond acceptors (Lipinski definition) is 4. The average molecular weight is 278 g/mol. The molecule has 2 aromatic heterocycles. The quantitative estimate of drug-likeness (QED) is 0.877. The standard InChI is InChI=1S/C13H18N4OS/c1-3-17-8-11(14)12(16-17)13(18)15-9(2)7-10-5-4-6-19-10/h4-6,8-9H,3,7,14H2,1-2H3,(H,15,18). The van der Waals surface area contributed by atoms with Gasteiger partial charge in [0.1, 0.15) is 0 Å². The Morgan fingerprint density at radius 3 is 3.00 bits per heavy atom. The second kappa shape index (κ2) is 5.88. The van der Waals surface area contributed by atoms with Crippen LogP contribution in [-0.2, 0) is 13.0 Å². The van der Waals surface area contributed by atoms with E-state index in [1.54, 1.807) is 22.2 Å². The van der Waals surface area contributed by atoms with Crippen LogP contribution in [0.3, 0.4) is 0 Å². The number of nitrogens with zero attached hydrogens (tertiary/aromatic N) is 2. The number of aromatic nitrogens is 2. The molecule has 1 unspecified atom stereocenters. The van der Waals surface area contributed by atoms with Gasteiger partial charge in [0, 0.05) is 30.1 Å². The van der Waals surface area contributed by atoms with E-state index in [0.29, 0.717) is 17.9 Å². The van der Waals surface area contributed by atoms with Crippen molar-refractivity contribution in [3.05, 3.63) is 34.3 Å². The second-order valence-corrected chi connectivity index (χ2v) is 5.48. The molecule has 0 saturated carbocycles. The maximum atomic E-state index is 12.1. The van der Waals surface area contributed by atoms with Crippen molar-refractivity contribution < 1.29 is 4.79 Å². The summed E-state index contributed by atoms with van der Waals surface area (Å²) in [4.78, 5) is 13.3. The van der Waals surface area contributed by atoms with E-state index in [9.17, 15) is 4.79 Å². The first-order chi connectivity index (χ1) is 9.10. The van der Waals surface area contributed by atoms with E-state index in [1.807, 2.05) is 25.3 Å². The van der Waals surface area contributed by atoms with Crippen molar-refractivity contribution in [3.8, 4) is 0 Å². The Hall–Kier alpha value is -1.82. The molecule has 0 aliphatic heterocycles. The summed E-state index contributed by atoms with van der Waals surface area (Å²) in [6.07, 6.45) is 2.50. The highest BCUT2D eigenvalue weighted by Gasteiger charge is 2.16. The van der Waals surface area contributed by atoms with Crippen LogP contribution in [-0.4, -0.2) is 21.7 Å². The van der Waals surface area contributed by atoms with Gasteiger partial charge >= 0.3 is 0 Å². The highest BCUT2D eigenvalue weighted by molar-refractivity contribution is 7.09. The van der Waals surface area contributed by atoms with Crippen molar-refractivity contribution in [2.24, 2.45) is 0 Å². The average Bonchev–Trinajstić information content (AvgIpc) is 2.98. The number of carbonyl (C=O) groups excluding carboxylic acids is 1. The van der Waals surface area contributed by atoms with Gasteiger partial charge in [0.05, 0.1) is 5.69 Å². The molecule has 0 saturated heterocycles. The lowest BCUT2D eigenvalue weighted by Gasteiger charge is -2.12. The van der Waals surface area contributed by atoms with Crippen LogP contribution in [0.2, 0.25) is 0 Å². The summed E-state index contributed by atoms with van der Waals surface area (Å²) in [5, 5.41) is 9.12. The van der Waals surface area contributed by atoms with Crippen molar-refractivity contribution in [1.82, 2.24) is 15.1 Å². The van der Waals surface area contributed by atoms with E-state index in [-0.39, 0.29) is 11.9 Å². The fourth-order valence-electron chi connectivity index (χ4n) is 1.85. The van der Waals surface area contributed by atoms with Crippen molar-refractivity contribution in [2.45, 2.75) is 32.9 Å². The molecule has 2 rings (SSSR count). The van der Waals surface area contributed by atoms with Crippen LogP contribution in [0.15, 0.2) is 23.7 Å². The summed E-state index contributed by atoms with van der Waals surface area (Å²) in [6.45, 7) is 4.63. The second-order valence-electron chi connectivity index (χ2n) is 4.45. The van der Waals surface area contributed by atoms with E-state index in [0.717, 1.165) is 6.42 Å². The molecule has 2 heterocycles. The third-order valence-electron chi connectivity index (χ3n) is 2.79. The first-order valence-corrected chi connectivity index (χ1v) is 7.14. The lowest BCUT2D eigenvalue weighted by atomic mass is 10.2. The fourth-order valence-corrected chi connectivity index (χ4v) is 2.68. The van der Waals surface area contributed by atoms with Gasteiger partial charge < -0.3 is 11.1 Å². The molecular weight excluding hydrogens is 260 g/mol. The number of carbonyl (C=O) groups is 1. The predicted octanol–water partition coefficient (Wildman–Crippen LogP) is 1.91. The Morgan fingerprint density at radius 2 is 2.42 bits per heavy atom. The van der Waals surface area contributed by atoms with Crippen LogP contribution < -0.4 is 11.1 Å². The summed E-state index contributed by atoms with van der Waals surface area (Å²) in [5.74, 6) is -0.214. The normalized spacial score (nSPS) is 12.3. The molecular formula is C13H18N4OS. The molecule has 2 aromatic rings. The van der Waals surface area contributed by atoms with Crippen LogP contribution in [0.25, 0.3) is 0 Å². The SMILES string of the molecule is CCn1cc(N)c(C(=O)NC(C)Cc2cccs2)n1. The summed E-state index contributed by atoms with van der Waals surface area (Å²) < 4.78 is 1.66. The van der Waals surface area contributed by atoms with Crippen LogP contribution in [0.1, 0.15) is 29.2 Å². The van der Waals surface area contributed by atoms with Gasteiger partial charge in [-0.05, 0) is 25.3 Å². The molecule has 5 nitrogen and oxygen atoms in total. The van der Waals surface area contributed by atoms with E-state index in [2.05, 4.69) is 16.5 Å². The minimum absolute atomic E-state index is 0.0531. The van der Waals surface area contributed by atoms with E-state index < -0.39 is 0 Å². The van der Waals surface area contributed by atoms with Gasteiger partial charge in [0.15, 0.2) is 5.69 Å². The van der Waals surface area contributed by atoms with E-state index in [1.165, 1.54) is 4.88 Å². The Labute approximate surface area is 116 Å². The number of rotatable bonds is 5. The topological polar surface area (TPSA) is 72.9 Å². The van der Waals surface area contributed by atoms with Crippen molar-refractivity contribution in [1.29, 1.82) is 0 Å². The highest BCUT2D eigenvalue weighted by atomic mass is 32.1. The van der Waals surface area contributed by atoms with Gasteiger partial charge in [0.2, 0.25) is 0 Å². The molecule has 0 aliphatic carbocycles. The maximum absolute atomic E-state index is 12.1. The third-order valence-corrected chi connectivity index (χ3v) is 3.69. The van der Waals surface area contributed by atoms with Gasteiger partial charge in [0.25, 0.3) is 5.91 Å². The first kappa shape index (κ1) is 13.6. The zero-order valence-corrected chi connectivity index (χ0v) is 11.9. The number of nitrogens with two attached hydrogens (primary N) is 1. The highest BCUT2D eigenvalue weighted by Crippen LogP contribution is 2.12. The van der Waals surface area contributed by atoms with E-state index in [4.69, 9.17) is 5.73 Å². The van der Waals surface area contributed by atoms with Crippen LogP contribution in [0.4, 0.5) is 5.69 Å². The number of nitrogen functional groups attached to an aromatic ring is 1. The summed E-state index contributed by atoms with van der Waals surface area (Å²) in [7, 11) is 0. The number of aryl methyl sites for hydroxylation is 1. The smallest absolute Gasteiger partial charge is 0.274 e. The summed E-state index contributed by atoms with van der Waals surface area (Å²) in [6, 6.07) is 4.13. The number of thiophene rings is 1. The summed E-state index contributed by atoms with van der Waals surface area (Å²) >= 11 is 1.69. The molecule has 0 spiro atoms. The molecule has 19 heavy (non-hydrogen) atoms. The zero-order valence-electron chi connectivity index (χ0n) is 11.1. The third kappa shape index (κ3) is 3.35. The number of nitrogens with one attached hydrogen (secondary N) is 1. The van der Waals surface area contributed by atoms with Crippen molar-refractivity contribution in [3.63, 3.8) is 0 Å². The minimum Gasteiger partial charge on any atom is -0.396 e. The Kier molecular flexibility index (Phi) is 4.21. The molecule has 0 bridgehead atoms. The van der Waals surface area contributed by atoms with Crippen LogP contribution in [0.5, 0.6) is 0 Å². The largest absolute Gasteiger partial charge is 0.396 e. The van der Waals surface area contributed by atoms with Crippen LogP contribution in [0, 0.1) is 0 Å². The molecule has 6 heteroatoms. The maximum Gasteiger partial charge on any atom is 0.274 e. The number of amides is 1. The number of hydrogen-bond donors (Lipinski definition) is 2. The monoisotopic (exact) mass is 278 g/mol. The van der Waals surface area contributed by atoms with Crippen LogP contribution >= 0.6 is 11.3 Å². The van der Waals surface area contributed by atoms with Gasteiger partial charge in [-0.25, -0.2) is 0 Å². The van der Waals surface area contributed by atoms with Gasteiger partial charge in [-0.15, -0.1) is 11.3 Å². The molecule has 1 amide bonds. The molecule has 0 fully saturated rings. The Balaban J connectivity index is 1.98. The van der Waals surface area contributed by atoms with Crippen molar-refractivity contribution >= 4 is 22.9 Å². The molecule has 0 radical (unpaired) electrons. The number of anilines is 1. The predicted molar refractivity (Wildman–Crippen MR) is 77.3 cm³/mol. The van der Waals surface area contributed by atoms with Crippen molar-refractivity contribution in [2.75, 3.05) is 5.73 Å². The van der Waals surface area contributed by atoms with Gasteiger partial charge in [-0.3, -0.25) is 9.48 Å². The molecule has 0 aliphatic rings. The molecule has 1 atom stereocenters. The molecule has 0 aromatic carbocycles. The lowest BCUT2D eigenvalue weighted by Crippen LogP contribution is -2.34. The first-order valence-electron chi connectivity index (χ1n) is 6.26. The minimum atomic E-state index is -0.214.